The molecule has 0 saturated heterocycles. The summed E-state index contributed by atoms with van der Waals surface area (Å²) in [4.78, 5) is 0. The van der Waals surface area contributed by atoms with Crippen LogP contribution >= 0.6 is 0 Å². The van der Waals surface area contributed by atoms with E-state index in [4.69, 9.17) is 0 Å². The molecule has 2 heteroatoms. The lowest BCUT2D eigenvalue weighted by atomic mass is 9.72. The molecule has 2 unspecified atom stereocenters. The second kappa shape index (κ2) is 6.31. The van der Waals surface area contributed by atoms with Crippen molar-refractivity contribution in [1.29, 1.82) is 0 Å². The highest BCUT2D eigenvalue weighted by atomic mass is 16.3. The second-order valence-corrected chi connectivity index (χ2v) is 5.94. The molecule has 0 spiro atoms. The fourth-order valence-electron chi connectivity index (χ4n) is 3.23. The molecule has 1 aliphatic rings. The Hall–Kier alpha value is -1.80. The largest absolute Gasteiger partial charge is 0.508 e. The Bertz CT molecular complexity index is 591. The number of phenols is 1. The number of fused-ring (bicyclic) bond motifs is 1. The van der Waals surface area contributed by atoms with E-state index in [1.165, 1.54) is 23.1 Å². The molecule has 0 aliphatic heterocycles. The van der Waals surface area contributed by atoms with Crippen LogP contribution in [0.1, 0.15) is 36.0 Å². The fraction of sp³-hybridized carbons (Fsp3) is 0.368. The van der Waals surface area contributed by atoms with Crippen LogP contribution in [-0.2, 0) is 12.8 Å². The minimum absolute atomic E-state index is 0.339. The van der Waals surface area contributed by atoms with Gasteiger partial charge in [-0.05, 0) is 54.6 Å². The number of benzene rings is 2. The molecule has 110 valence electrons. The third kappa shape index (κ3) is 3.11. The highest BCUT2D eigenvalue weighted by Gasteiger charge is 2.32. The summed E-state index contributed by atoms with van der Waals surface area (Å²) >= 11 is 0. The topological polar surface area (TPSA) is 32.3 Å². The van der Waals surface area contributed by atoms with Crippen molar-refractivity contribution in [3.05, 3.63) is 65.2 Å². The van der Waals surface area contributed by atoms with Crippen LogP contribution in [-0.4, -0.2) is 17.7 Å². The van der Waals surface area contributed by atoms with Gasteiger partial charge in [-0.15, -0.1) is 0 Å². The summed E-state index contributed by atoms with van der Waals surface area (Å²) in [6.07, 6.45) is 3.34. The van der Waals surface area contributed by atoms with Gasteiger partial charge in [-0.25, -0.2) is 0 Å². The Balaban J connectivity index is 1.74. The zero-order chi connectivity index (χ0) is 14.7. The average Bonchev–Trinajstić information content (AvgIpc) is 2.48. The zero-order valence-corrected chi connectivity index (χ0v) is 12.5. The Labute approximate surface area is 126 Å². The van der Waals surface area contributed by atoms with Crippen molar-refractivity contribution in [2.24, 2.45) is 0 Å². The summed E-state index contributed by atoms with van der Waals surface area (Å²) in [6, 6.07) is 16.9. The van der Waals surface area contributed by atoms with Gasteiger partial charge in [-0.1, -0.05) is 43.3 Å². The van der Waals surface area contributed by atoms with Gasteiger partial charge in [0, 0.05) is 12.0 Å². The normalized spacial score (nSPS) is 17.9. The lowest BCUT2D eigenvalue weighted by Crippen LogP contribution is -2.41. The van der Waals surface area contributed by atoms with Crippen molar-refractivity contribution in [1.82, 2.24) is 5.32 Å². The molecule has 0 bridgehead atoms. The van der Waals surface area contributed by atoms with Crippen LogP contribution in [0.15, 0.2) is 48.5 Å². The van der Waals surface area contributed by atoms with E-state index in [0.717, 1.165) is 19.4 Å². The Morgan fingerprint density at radius 2 is 1.90 bits per heavy atom. The monoisotopic (exact) mass is 281 g/mol. The molecule has 0 saturated carbocycles. The zero-order valence-electron chi connectivity index (χ0n) is 12.5. The van der Waals surface area contributed by atoms with Crippen LogP contribution in [0, 0.1) is 0 Å². The van der Waals surface area contributed by atoms with Gasteiger partial charge in [-0.2, -0.15) is 0 Å². The van der Waals surface area contributed by atoms with E-state index in [9.17, 15) is 5.11 Å². The summed E-state index contributed by atoms with van der Waals surface area (Å²) in [5.74, 6) is 0.951. The van der Waals surface area contributed by atoms with E-state index in [2.05, 4.69) is 36.5 Å². The Morgan fingerprint density at radius 1 is 1.14 bits per heavy atom. The highest BCUT2D eigenvalue weighted by molar-refractivity contribution is 5.41. The molecule has 2 atom stereocenters. The van der Waals surface area contributed by atoms with Crippen molar-refractivity contribution in [3.63, 3.8) is 0 Å². The lowest BCUT2D eigenvalue weighted by Gasteiger charge is -2.37. The van der Waals surface area contributed by atoms with Crippen LogP contribution in [0.4, 0.5) is 0 Å². The van der Waals surface area contributed by atoms with Crippen LogP contribution in [0.3, 0.4) is 0 Å². The van der Waals surface area contributed by atoms with Crippen molar-refractivity contribution in [2.75, 3.05) is 6.54 Å². The van der Waals surface area contributed by atoms with Gasteiger partial charge in [0.1, 0.15) is 5.75 Å². The molecule has 0 fully saturated rings. The van der Waals surface area contributed by atoms with Crippen molar-refractivity contribution in [2.45, 2.75) is 38.1 Å². The molecule has 3 rings (SSSR count). The molecule has 0 amide bonds. The van der Waals surface area contributed by atoms with E-state index >= 15 is 0 Å². The van der Waals surface area contributed by atoms with Gasteiger partial charge >= 0.3 is 0 Å². The number of rotatable bonds is 6. The van der Waals surface area contributed by atoms with E-state index < -0.39 is 0 Å². The number of phenolic OH excluding ortho intramolecular Hbond substituents is 1. The molecule has 2 N–H and O–H groups in total. The molecule has 2 aromatic carbocycles. The van der Waals surface area contributed by atoms with Gasteiger partial charge in [0.2, 0.25) is 0 Å². The minimum atomic E-state index is 0.339. The SMILES string of the molecule is CCCNC(Cc1ccc(O)cc1)C1Cc2ccccc21. The molecule has 0 aromatic heterocycles. The summed E-state index contributed by atoms with van der Waals surface area (Å²) in [5, 5.41) is 13.1. The van der Waals surface area contributed by atoms with Crippen molar-refractivity contribution in [3.8, 4) is 5.75 Å². The Morgan fingerprint density at radius 3 is 2.62 bits per heavy atom. The van der Waals surface area contributed by atoms with Gasteiger partial charge in [0.25, 0.3) is 0 Å². The van der Waals surface area contributed by atoms with Crippen molar-refractivity contribution < 1.29 is 5.11 Å². The summed E-state index contributed by atoms with van der Waals surface area (Å²) in [7, 11) is 0. The fourth-order valence-corrected chi connectivity index (χ4v) is 3.23. The van der Waals surface area contributed by atoms with Gasteiger partial charge in [0.05, 0.1) is 0 Å². The first-order valence-corrected chi connectivity index (χ1v) is 7.87. The molecule has 0 radical (unpaired) electrons. The van der Waals surface area contributed by atoms with E-state index in [1.807, 2.05) is 12.1 Å². The molecule has 1 aliphatic carbocycles. The predicted octanol–water partition coefficient (Wildman–Crippen LogP) is 3.64. The first-order valence-electron chi connectivity index (χ1n) is 7.87. The number of nitrogens with one attached hydrogen (secondary N) is 1. The van der Waals surface area contributed by atoms with Gasteiger partial charge < -0.3 is 10.4 Å². The number of aromatic hydroxyl groups is 1. The molecular weight excluding hydrogens is 258 g/mol. The van der Waals surface area contributed by atoms with Crippen LogP contribution in [0.5, 0.6) is 5.75 Å². The molecule has 2 aromatic rings. The van der Waals surface area contributed by atoms with Crippen LogP contribution in [0.2, 0.25) is 0 Å². The lowest BCUT2D eigenvalue weighted by molar-refractivity contribution is 0.397. The first-order chi connectivity index (χ1) is 10.3. The predicted molar refractivity (Wildman–Crippen MR) is 86.8 cm³/mol. The second-order valence-electron chi connectivity index (χ2n) is 5.94. The Kier molecular flexibility index (Phi) is 4.26. The molecule has 2 nitrogen and oxygen atoms in total. The smallest absolute Gasteiger partial charge is 0.115 e. The molecule has 0 heterocycles. The molecule has 21 heavy (non-hydrogen) atoms. The average molecular weight is 281 g/mol. The summed E-state index contributed by atoms with van der Waals surface area (Å²) in [5.41, 5.74) is 4.28. The number of hydrogen-bond acceptors (Lipinski definition) is 2. The van der Waals surface area contributed by atoms with E-state index in [0.29, 0.717) is 17.7 Å². The van der Waals surface area contributed by atoms with Crippen molar-refractivity contribution >= 4 is 0 Å². The highest BCUT2D eigenvalue weighted by Crippen LogP contribution is 2.38. The summed E-state index contributed by atoms with van der Waals surface area (Å²) in [6.45, 7) is 3.26. The summed E-state index contributed by atoms with van der Waals surface area (Å²) < 4.78 is 0. The van der Waals surface area contributed by atoms with Crippen LogP contribution in [0.25, 0.3) is 0 Å². The maximum absolute atomic E-state index is 9.41. The first kappa shape index (κ1) is 14.2. The van der Waals surface area contributed by atoms with Crippen LogP contribution < -0.4 is 5.32 Å². The maximum atomic E-state index is 9.41. The molecular formula is C19H23NO. The van der Waals surface area contributed by atoms with E-state index in [1.54, 1.807) is 12.1 Å². The van der Waals surface area contributed by atoms with Gasteiger partial charge in [0.15, 0.2) is 0 Å². The van der Waals surface area contributed by atoms with Gasteiger partial charge in [-0.3, -0.25) is 0 Å². The number of hydrogen-bond donors (Lipinski definition) is 2. The minimum Gasteiger partial charge on any atom is -0.508 e. The maximum Gasteiger partial charge on any atom is 0.115 e. The quantitative estimate of drug-likeness (QED) is 0.847. The third-order valence-electron chi connectivity index (χ3n) is 4.43. The standard InChI is InChI=1S/C19H23NO/c1-2-11-20-19(12-14-7-9-16(21)10-8-14)18-13-15-5-3-4-6-17(15)18/h3-10,18-21H,2,11-13H2,1H3. The van der Waals surface area contributed by atoms with E-state index in [-0.39, 0.29) is 0 Å². The third-order valence-corrected chi connectivity index (χ3v) is 4.43.